The number of nitriles is 1. The maximum Gasteiger partial charge on any atom is 0.263 e. The van der Waals surface area contributed by atoms with Crippen molar-refractivity contribution in [3.63, 3.8) is 0 Å². The van der Waals surface area contributed by atoms with Gasteiger partial charge < -0.3 is 4.98 Å². The molecule has 0 bridgehead atoms. The fourth-order valence-electron chi connectivity index (χ4n) is 2.48. The minimum atomic E-state index is -4.07. The molecule has 0 saturated heterocycles. The first kappa shape index (κ1) is 18.0. The topological polar surface area (TPSA) is 85.8 Å². The molecule has 2 N–H and O–H groups in total. The predicted octanol–water partition coefficient (Wildman–Crippen LogP) is 4.07. The van der Waals surface area contributed by atoms with Gasteiger partial charge in [-0.3, -0.25) is 4.72 Å². The molecule has 26 heavy (non-hydrogen) atoms. The lowest BCUT2D eigenvalue weighted by molar-refractivity contribution is 0.598. The highest BCUT2D eigenvalue weighted by Gasteiger charge is 2.24. The van der Waals surface area contributed by atoms with Crippen LogP contribution in [0.25, 0.3) is 0 Å². The number of halogens is 2. The second kappa shape index (κ2) is 7.20. The molecule has 0 aliphatic heterocycles. The Morgan fingerprint density at radius 2 is 1.92 bits per heavy atom. The van der Waals surface area contributed by atoms with Gasteiger partial charge in [0.25, 0.3) is 10.0 Å². The number of hydrogen-bond acceptors (Lipinski definition) is 3. The van der Waals surface area contributed by atoms with Crippen LogP contribution in [0.4, 0.5) is 10.1 Å². The van der Waals surface area contributed by atoms with Crippen LogP contribution in [0.1, 0.15) is 16.7 Å². The van der Waals surface area contributed by atoms with E-state index in [1.165, 1.54) is 18.3 Å². The van der Waals surface area contributed by atoms with Crippen LogP contribution in [0.3, 0.4) is 0 Å². The molecule has 8 heteroatoms. The zero-order valence-electron chi connectivity index (χ0n) is 13.3. The fraction of sp³-hybridized carbons (Fsp3) is 0.0556. The Morgan fingerprint density at radius 1 is 1.19 bits per heavy atom. The summed E-state index contributed by atoms with van der Waals surface area (Å²) in [5.74, 6) is -0.834. The number of rotatable bonds is 5. The van der Waals surface area contributed by atoms with E-state index in [4.69, 9.17) is 16.9 Å². The van der Waals surface area contributed by atoms with E-state index in [1.54, 1.807) is 6.07 Å². The maximum absolute atomic E-state index is 14.0. The summed E-state index contributed by atoms with van der Waals surface area (Å²) in [5, 5.41) is 8.97. The summed E-state index contributed by atoms with van der Waals surface area (Å²) in [6, 6.07) is 14.5. The number of nitrogens with one attached hydrogen (secondary N) is 2. The normalized spacial score (nSPS) is 11.1. The van der Waals surface area contributed by atoms with E-state index in [1.807, 2.05) is 30.3 Å². The van der Waals surface area contributed by atoms with Gasteiger partial charge in [-0.05, 0) is 23.8 Å². The second-order valence-electron chi connectivity index (χ2n) is 5.52. The number of H-pyrrole nitrogens is 1. The van der Waals surface area contributed by atoms with Crippen molar-refractivity contribution < 1.29 is 12.8 Å². The Morgan fingerprint density at radius 3 is 2.58 bits per heavy atom. The van der Waals surface area contributed by atoms with Crippen molar-refractivity contribution in [2.75, 3.05) is 4.72 Å². The van der Waals surface area contributed by atoms with Gasteiger partial charge in [0.2, 0.25) is 0 Å². The van der Waals surface area contributed by atoms with Crippen LogP contribution in [0.15, 0.2) is 59.6 Å². The van der Waals surface area contributed by atoms with Crippen LogP contribution in [-0.4, -0.2) is 13.4 Å². The quantitative estimate of drug-likeness (QED) is 0.689. The van der Waals surface area contributed by atoms with E-state index in [9.17, 15) is 12.8 Å². The van der Waals surface area contributed by atoms with Gasteiger partial charge in [-0.15, -0.1) is 0 Å². The number of hydrogen-bond donors (Lipinski definition) is 2. The van der Waals surface area contributed by atoms with Crippen molar-refractivity contribution >= 4 is 27.3 Å². The van der Waals surface area contributed by atoms with Crippen LogP contribution in [0.5, 0.6) is 0 Å². The number of nitrogens with zero attached hydrogens (tertiary/aromatic N) is 1. The Hall–Kier alpha value is -2.82. The Bertz CT molecular complexity index is 1090. The van der Waals surface area contributed by atoms with Crippen LogP contribution >= 0.6 is 11.6 Å². The third-order valence-corrected chi connectivity index (χ3v) is 5.52. The summed E-state index contributed by atoms with van der Waals surface area (Å²) in [6.07, 6.45) is 1.57. The smallest absolute Gasteiger partial charge is 0.263 e. The molecule has 1 heterocycles. The largest absolute Gasteiger partial charge is 0.351 e. The van der Waals surface area contributed by atoms with Gasteiger partial charge in [-0.25, -0.2) is 12.8 Å². The Labute approximate surface area is 155 Å². The molecule has 3 rings (SSSR count). The molecule has 0 fully saturated rings. The zero-order chi connectivity index (χ0) is 18.7. The highest BCUT2D eigenvalue weighted by atomic mass is 35.5. The lowest BCUT2D eigenvalue weighted by Crippen LogP contribution is -2.15. The Balaban J connectivity index is 1.95. The average molecular weight is 390 g/mol. The molecule has 2 aromatic carbocycles. The lowest BCUT2D eigenvalue weighted by Gasteiger charge is -2.10. The van der Waals surface area contributed by atoms with Gasteiger partial charge in [-0.2, -0.15) is 5.26 Å². The SMILES string of the molecule is N#Cc1ccc(NS(=O)(=O)c2c[nH]c(Cl)c2Cc2ccccc2)c(F)c1. The predicted molar refractivity (Wildman–Crippen MR) is 97.0 cm³/mol. The molecule has 3 aromatic rings. The molecule has 0 spiro atoms. The first-order chi connectivity index (χ1) is 12.4. The summed E-state index contributed by atoms with van der Waals surface area (Å²) in [4.78, 5) is 2.63. The highest BCUT2D eigenvalue weighted by Crippen LogP contribution is 2.28. The molecule has 0 atom stereocenters. The van der Waals surface area contributed by atoms with Gasteiger partial charge in [0.15, 0.2) is 0 Å². The van der Waals surface area contributed by atoms with Gasteiger partial charge in [-0.1, -0.05) is 41.9 Å². The number of sulfonamides is 1. The average Bonchev–Trinajstić information content (AvgIpc) is 2.99. The summed E-state index contributed by atoms with van der Waals surface area (Å²) >= 11 is 6.12. The molecule has 0 saturated carbocycles. The third-order valence-electron chi connectivity index (χ3n) is 3.75. The third kappa shape index (κ3) is 3.72. The fourth-order valence-corrected chi connectivity index (χ4v) is 4.04. The van der Waals surface area contributed by atoms with E-state index in [2.05, 4.69) is 9.71 Å². The van der Waals surface area contributed by atoms with E-state index in [-0.39, 0.29) is 21.3 Å². The molecular formula is C18H13ClFN3O2S. The lowest BCUT2D eigenvalue weighted by atomic mass is 10.1. The van der Waals surface area contributed by atoms with Crippen LogP contribution in [-0.2, 0) is 16.4 Å². The van der Waals surface area contributed by atoms with Crippen LogP contribution in [0.2, 0.25) is 5.15 Å². The molecule has 132 valence electrons. The van der Waals surface area contributed by atoms with E-state index in [0.29, 0.717) is 12.0 Å². The summed E-state index contributed by atoms with van der Waals surface area (Å²) in [5.41, 5.74) is 1.13. The van der Waals surface area contributed by atoms with Crippen molar-refractivity contribution in [1.29, 1.82) is 5.26 Å². The summed E-state index contributed by atoms with van der Waals surface area (Å²) in [7, 11) is -4.07. The Kier molecular flexibility index (Phi) is 4.98. The molecule has 0 aliphatic rings. The number of aromatic nitrogens is 1. The zero-order valence-corrected chi connectivity index (χ0v) is 14.9. The van der Waals surface area contributed by atoms with E-state index in [0.717, 1.165) is 11.6 Å². The van der Waals surface area contributed by atoms with Gasteiger partial charge in [0.1, 0.15) is 15.9 Å². The van der Waals surface area contributed by atoms with Crippen molar-refractivity contribution in [3.05, 3.63) is 82.4 Å². The van der Waals surface area contributed by atoms with Gasteiger partial charge >= 0.3 is 0 Å². The van der Waals surface area contributed by atoms with Crippen LogP contribution < -0.4 is 4.72 Å². The highest BCUT2D eigenvalue weighted by molar-refractivity contribution is 7.92. The van der Waals surface area contributed by atoms with Crippen molar-refractivity contribution in [2.45, 2.75) is 11.3 Å². The first-order valence-corrected chi connectivity index (χ1v) is 9.39. The molecule has 1 aromatic heterocycles. The standard InChI is InChI=1S/C18H13ClFN3O2S/c19-18-14(8-12-4-2-1-3-5-12)17(11-22-18)26(24,25)23-16-7-6-13(10-21)9-15(16)20/h1-7,9,11,22-23H,8H2. The summed E-state index contributed by atoms with van der Waals surface area (Å²) in [6.45, 7) is 0. The first-order valence-electron chi connectivity index (χ1n) is 7.53. The van der Waals surface area contributed by atoms with Crippen molar-refractivity contribution in [2.24, 2.45) is 0 Å². The van der Waals surface area contributed by atoms with E-state index >= 15 is 0 Å². The molecule has 5 nitrogen and oxygen atoms in total. The molecule has 0 unspecified atom stereocenters. The number of anilines is 1. The van der Waals surface area contributed by atoms with Gasteiger partial charge in [0.05, 0.1) is 17.3 Å². The number of benzene rings is 2. The van der Waals surface area contributed by atoms with E-state index < -0.39 is 15.8 Å². The monoisotopic (exact) mass is 389 g/mol. The molecule has 0 radical (unpaired) electrons. The minimum Gasteiger partial charge on any atom is -0.351 e. The van der Waals surface area contributed by atoms with Crippen molar-refractivity contribution in [3.8, 4) is 6.07 Å². The minimum absolute atomic E-state index is 0.0601. The van der Waals surface area contributed by atoms with Crippen molar-refractivity contribution in [1.82, 2.24) is 4.98 Å². The molecular weight excluding hydrogens is 377 g/mol. The molecule has 0 amide bonds. The number of aromatic amines is 1. The van der Waals surface area contributed by atoms with Gasteiger partial charge in [0, 0.05) is 18.2 Å². The molecule has 0 aliphatic carbocycles. The second-order valence-corrected chi connectivity index (χ2v) is 7.55. The van der Waals surface area contributed by atoms with Crippen LogP contribution in [0, 0.1) is 17.1 Å². The maximum atomic E-state index is 14.0. The summed E-state index contributed by atoms with van der Waals surface area (Å²) < 4.78 is 41.6.